The molecule has 2 amide bonds. The van der Waals surface area contributed by atoms with E-state index in [1.807, 2.05) is 6.08 Å². The topological polar surface area (TPSA) is 138 Å². The summed E-state index contributed by atoms with van der Waals surface area (Å²) in [6.07, 6.45) is 5.30. The highest BCUT2D eigenvalue weighted by atomic mass is 16.5. The minimum absolute atomic E-state index is 0.0395. The molecule has 1 aliphatic heterocycles. The van der Waals surface area contributed by atoms with Gasteiger partial charge in [0, 0.05) is 41.2 Å². The van der Waals surface area contributed by atoms with Crippen LogP contribution in [-0.4, -0.2) is 58.1 Å². The SMILES string of the molecule is COc1cccc(O)c1C1C2=CCC3C(=O)N(CCCCCC(=O)O)C(=O)C3C2CC2=C1C(=O)C(C)=CC2=O. The third kappa shape index (κ3) is 4.39. The van der Waals surface area contributed by atoms with Crippen LogP contribution in [0.15, 0.2) is 52.6 Å². The van der Waals surface area contributed by atoms with E-state index in [9.17, 15) is 29.1 Å². The van der Waals surface area contributed by atoms with Crippen molar-refractivity contribution < 1.29 is 38.9 Å². The number of ketones is 2. The molecular weight excluding hydrogens is 502 g/mol. The lowest BCUT2D eigenvalue weighted by molar-refractivity contribution is -0.141. The van der Waals surface area contributed by atoms with Crippen LogP contribution in [0.2, 0.25) is 0 Å². The number of methoxy groups -OCH3 is 1. The van der Waals surface area contributed by atoms with E-state index in [2.05, 4.69) is 0 Å². The van der Waals surface area contributed by atoms with Crippen molar-refractivity contribution in [3.63, 3.8) is 0 Å². The number of carboxylic acids is 1. The maximum absolute atomic E-state index is 13.7. The van der Waals surface area contributed by atoms with Crippen LogP contribution in [0.25, 0.3) is 0 Å². The van der Waals surface area contributed by atoms with Gasteiger partial charge < -0.3 is 14.9 Å². The van der Waals surface area contributed by atoms with Crippen molar-refractivity contribution in [1.82, 2.24) is 4.90 Å². The van der Waals surface area contributed by atoms with Gasteiger partial charge in [-0.2, -0.15) is 0 Å². The Morgan fingerprint density at radius 1 is 1.08 bits per heavy atom. The molecule has 0 aromatic heterocycles. The van der Waals surface area contributed by atoms with E-state index in [4.69, 9.17) is 9.84 Å². The summed E-state index contributed by atoms with van der Waals surface area (Å²) in [7, 11) is 1.46. The van der Waals surface area contributed by atoms with Crippen molar-refractivity contribution in [3.8, 4) is 11.5 Å². The molecule has 4 unspecified atom stereocenters. The first-order chi connectivity index (χ1) is 18.6. The number of benzene rings is 1. The predicted molar refractivity (Wildman–Crippen MR) is 139 cm³/mol. The minimum atomic E-state index is -0.879. The number of rotatable bonds is 8. The minimum Gasteiger partial charge on any atom is -0.507 e. The number of aliphatic carboxylic acids is 1. The molecule has 2 N–H and O–H groups in total. The van der Waals surface area contributed by atoms with Gasteiger partial charge >= 0.3 is 5.97 Å². The Labute approximate surface area is 225 Å². The molecule has 5 rings (SSSR count). The molecule has 9 heteroatoms. The van der Waals surface area contributed by atoms with Gasteiger partial charge in [0.2, 0.25) is 11.8 Å². The van der Waals surface area contributed by atoms with Crippen molar-refractivity contribution >= 4 is 29.4 Å². The summed E-state index contributed by atoms with van der Waals surface area (Å²) in [6, 6.07) is 4.81. The molecule has 1 aromatic carbocycles. The molecular formula is C30H31NO8. The molecule has 4 atom stereocenters. The highest BCUT2D eigenvalue weighted by molar-refractivity contribution is 6.24. The van der Waals surface area contributed by atoms with E-state index in [1.54, 1.807) is 19.1 Å². The summed E-state index contributed by atoms with van der Waals surface area (Å²) in [5.74, 6) is -4.25. The summed E-state index contributed by atoms with van der Waals surface area (Å²) in [4.78, 5) is 65.8. The van der Waals surface area contributed by atoms with Crippen LogP contribution in [0.1, 0.15) is 56.9 Å². The molecule has 1 fully saturated rings. The molecule has 9 nitrogen and oxygen atoms in total. The number of hydrogen-bond acceptors (Lipinski definition) is 7. The molecule has 0 bridgehead atoms. The van der Waals surface area contributed by atoms with Crippen molar-refractivity contribution in [2.75, 3.05) is 13.7 Å². The van der Waals surface area contributed by atoms with Gasteiger partial charge in [-0.15, -0.1) is 0 Å². The quantitative estimate of drug-likeness (QED) is 0.224. The Hall–Kier alpha value is -4.01. The second kappa shape index (κ2) is 10.3. The zero-order valence-electron chi connectivity index (χ0n) is 21.9. The number of allylic oxidation sites excluding steroid dienone is 6. The van der Waals surface area contributed by atoms with Gasteiger partial charge in [-0.25, -0.2) is 0 Å². The van der Waals surface area contributed by atoms with Crippen LogP contribution in [0, 0.1) is 17.8 Å². The Morgan fingerprint density at radius 3 is 2.56 bits per heavy atom. The number of unbranched alkanes of at least 4 members (excludes halogenated alkanes) is 2. The number of aromatic hydroxyl groups is 1. The monoisotopic (exact) mass is 533 g/mol. The van der Waals surface area contributed by atoms with Gasteiger partial charge in [0.05, 0.1) is 18.9 Å². The summed E-state index contributed by atoms with van der Waals surface area (Å²) in [6.45, 7) is 1.81. The highest BCUT2D eigenvalue weighted by Crippen LogP contribution is 2.57. The fourth-order valence-corrected chi connectivity index (χ4v) is 6.70. The number of amides is 2. The molecule has 0 spiro atoms. The van der Waals surface area contributed by atoms with Crippen molar-refractivity contribution in [2.45, 2.75) is 51.4 Å². The lowest BCUT2D eigenvalue weighted by atomic mass is 9.59. The fraction of sp³-hybridized carbons (Fsp3) is 0.433. The first-order valence-electron chi connectivity index (χ1n) is 13.3. The molecule has 39 heavy (non-hydrogen) atoms. The standard InChI is InChI=1S/C30H31NO8/c1-15-13-21(33)19-14-18-16(25(26(19)28(15)36)27-20(32)7-6-8-22(27)39-2)10-11-17-24(18)30(38)31(29(17)37)12-5-3-4-9-23(34)35/h6-8,10,13,17-18,24-25,32H,3-5,9,11-12,14H2,1-2H3,(H,34,35). The third-order valence-electron chi connectivity index (χ3n) is 8.48. The number of carbonyl (C=O) groups excluding carboxylic acids is 4. The number of imide groups is 1. The zero-order valence-corrected chi connectivity index (χ0v) is 21.9. The molecule has 1 heterocycles. The largest absolute Gasteiger partial charge is 0.507 e. The Balaban J connectivity index is 1.53. The van der Waals surface area contributed by atoms with Crippen LogP contribution in [0.3, 0.4) is 0 Å². The Kier molecular flexibility index (Phi) is 7.01. The molecule has 1 aromatic rings. The number of fused-ring (bicyclic) bond motifs is 3. The van der Waals surface area contributed by atoms with Gasteiger partial charge in [-0.1, -0.05) is 24.1 Å². The van der Waals surface area contributed by atoms with Crippen LogP contribution >= 0.6 is 0 Å². The molecule has 3 aliphatic carbocycles. The summed E-state index contributed by atoms with van der Waals surface area (Å²) in [5.41, 5.74) is 2.04. The fourth-order valence-electron chi connectivity index (χ4n) is 6.70. The molecule has 0 radical (unpaired) electrons. The average Bonchev–Trinajstić information content (AvgIpc) is 3.15. The zero-order chi connectivity index (χ0) is 28.0. The van der Waals surface area contributed by atoms with Crippen molar-refractivity contribution in [1.29, 1.82) is 0 Å². The molecule has 0 saturated carbocycles. The van der Waals surface area contributed by atoms with Crippen molar-refractivity contribution in [3.05, 3.63) is 58.2 Å². The number of carbonyl (C=O) groups is 5. The maximum Gasteiger partial charge on any atom is 0.303 e. The smallest absolute Gasteiger partial charge is 0.303 e. The third-order valence-corrected chi connectivity index (χ3v) is 8.48. The summed E-state index contributed by atoms with van der Waals surface area (Å²) >= 11 is 0. The van der Waals surface area contributed by atoms with E-state index < -0.39 is 29.6 Å². The first kappa shape index (κ1) is 26.6. The highest BCUT2D eigenvalue weighted by Gasteiger charge is 2.56. The van der Waals surface area contributed by atoms with E-state index in [-0.39, 0.29) is 48.5 Å². The number of ether oxygens (including phenoxy) is 1. The number of likely N-dealkylation sites (tertiary alicyclic amines) is 1. The van der Waals surface area contributed by atoms with Crippen LogP contribution in [0.5, 0.6) is 11.5 Å². The second-order valence-corrected chi connectivity index (χ2v) is 10.7. The number of Topliss-reactive ketones (excluding diaryl/α,β-unsaturated/α-hetero) is 1. The number of phenolic OH excluding ortho intramolecular Hbond substituents is 1. The number of phenols is 1. The number of nitrogens with zero attached hydrogens (tertiary/aromatic N) is 1. The molecule has 204 valence electrons. The van der Waals surface area contributed by atoms with E-state index >= 15 is 0 Å². The summed E-state index contributed by atoms with van der Waals surface area (Å²) in [5, 5.41) is 19.8. The Morgan fingerprint density at radius 2 is 1.85 bits per heavy atom. The first-order valence-corrected chi connectivity index (χ1v) is 13.3. The van der Waals surface area contributed by atoms with Crippen LogP contribution in [0.4, 0.5) is 0 Å². The van der Waals surface area contributed by atoms with Gasteiger partial charge in [0.25, 0.3) is 0 Å². The molecule has 4 aliphatic rings. The number of hydrogen-bond donors (Lipinski definition) is 2. The lowest BCUT2D eigenvalue weighted by Gasteiger charge is -2.42. The lowest BCUT2D eigenvalue weighted by Crippen LogP contribution is -2.40. The summed E-state index contributed by atoms with van der Waals surface area (Å²) < 4.78 is 5.56. The van der Waals surface area contributed by atoms with Crippen LogP contribution < -0.4 is 4.74 Å². The van der Waals surface area contributed by atoms with Gasteiger partial charge in [0.15, 0.2) is 11.6 Å². The van der Waals surface area contributed by atoms with Gasteiger partial charge in [-0.3, -0.25) is 28.9 Å². The van der Waals surface area contributed by atoms with Gasteiger partial charge in [0.1, 0.15) is 11.5 Å². The van der Waals surface area contributed by atoms with Crippen LogP contribution in [-0.2, 0) is 24.0 Å². The number of carboxylic acid groups (broad SMARTS) is 1. The normalized spacial score (nSPS) is 26.2. The predicted octanol–water partition coefficient (Wildman–Crippen LogP) is 3.48. The van der Waals surface area contributed by atoms with E-state index in [1.165, 1.54) is 24.2 Å². The molecule has 1 saturated heterocycles. The van der Waals surface area contributed by atoms with Gasteiger partial charge in [-0.05, 0) is 56.7 Å². The second-order valence-electron chi connectivity index (χ2n) is 10.7. The maximum atomic E-state index is 13.7. The Bertz CT molecular complexity index is 1380. The van der Waals surface area contributed by atoms with E-state index in [0.29, 0.717) is 53.7 Å². The van der Waals surface area contributed by atoms with Crippen molar-refractivity contribution in [2.24, 2.45) is 17.8 Å². The van der Waals surface area contributed by atoms with E-state index in [0.717, 1.165) is 5.57 Å². The average molecular weight is 534 g/mol.